The Kier molecular flexibility index (Phi) is 2.29. The van der Waals surface area contributed by atoms with E-state index in [1.807, 2.05) is 0 Å². The first-order chi connectivity index (χ1) is 4.91. The second-order valence-electron chi connectivity index (χ2n) is 2.03. The molecule has 0 radical (unpaired) electrons. The summed E-state index contributed by atoms with van der Waals surface area (Å²) in [6.45, 7) is 1.64. The van der Waals surface area contributed by atoms with Crippen molar-refractivity contribution in [1.82, 2.24) is 0 Å². The topological polar surface area (TPSA) is 0 Å². The molecular weight excluding hydrogens is 241 g/mol. The van der Waals surface area contributed by atoms with E-state index in [4.69, 9.17) is 0 Å². The van der Waals surface area contributed by atoms with Crippen LogP contribution in [0, 0.1) is 6.92 Å². The second-order valence-corrected chi connectivity index (χ2v) is 4.14. The Morgan fingerprint density at radius 2 is 2.00 bits per heavy atom. The molecule has 0 aliphatic heterocycles. The number of rotatable bonds is 0. The first-order valence-corrected chi connectivity index (χ1v) is 4.35. The van der Waals surface area contributed by atoms with Gasteiger partial charge in [0.25, 0.3) is 0 Å². The predicted molar refractivity (Wildman–Crippen MR) is 41.8 cm³/mol. The molecule has 62 valence electrons. The van der Waals surface area contributed by atoms with E-state index in [0.29, 0.717) is 4.88 Å². The molecular formula is C6H4BrF3S. The molecule has 0 saturated carbocycles. The highest BCUT2D eigenvalue weighted by atomic mass is 79.9. The van der Waals surface area contributed by atoms with Gasteiger partial charge in [-0.3, -0.25) is 0 Å². The Balaban J connectivity index is 3.13. The quantitative estimate of drug-likeness (QED) is 0.651. The first kappa shape index (κ1) is 9.06. The van der Waals surface area contributed by atoms with Crippen LogP contribution in [0.15, 0.2) is 10.5 Å². The van der Waals surface area contributed by atoms with Gasteiger partial charge < -0.3 is 0 Å². The molecule has 1 heterocycles. The fraction of sp³-hybridized carbons (Fsp3) is 0.333. The maximum absolute atomic E-state index is 12.0. The Bertz CT molecular complexity index is 263. The number of thiophene rings is 1. The van der Waals surface area contributed by atoms with E-state index in [1.165, 1.54) is 6.07 Å². The molecule has 0 unspecified atom stereocenters. The number of alkyl halides is 3. The maximum Gasteiger partial charge on any atom is 0.426 e. The van der Waals surface area contributed by atoms with Crippen molar-refractivity contribution in [2.45, 2.75) is 13.1 Å². The van der Waals surface area contributed by atoms with Gasteiger partial charge in [-0.2, -0.15) is 13.2 Å². The van der Waals surface area contributed by atoms with Gasteiger partial charge in [-0.05, 0) is 28.9 Å². The SMILES string of the molecule is Cc1cc(Br)c(C(F)(F)F)s1. The molecule has 0 atom stereocenters. The normalized spacial score (nSPS) is 12.1. The highest BCUT2D eigenvalue weighted by Gasteiger charge is 2.34. The van der Waals surface area contributed by atoms with Crippen LogP contribution in [-0.2, 0) is 6.18 Å². The van der Waals surface area contributed by atoms with Crippen LogP contribution in [0.1, 0.15) is 9.75 Å². The lowest BCUT2D eigenvalue weighted by atomic mass is 10.4. The van der Waals surface area contributed by atoms with E-state index >= 15 is 0 Å². The van der Waals surface area contributed by atoms with Gasteiger partial charge >= 0.3 is 6.18 Å². The van der Waals surface area contributed by atoms with Crippen molar-refractivity contribution in [1.29, 1.82) is 0 Å². The average Bonchev–Trinajstić information content (AvgIpc) is 2.08. The van der Waals surface area contributed by atoms with Crippen molar-refractivity contribution in [3.05, 3.63) is 20.3 Å². The lowest BCUT2D eigenvalue weighted by Gasteiger charge is -2.02. The van der Waals surface area contributed by atoms with E-state index in [0.717, 1.165) is 11.3 Å². The summed E-state index contributed by atoms with van der Waals surface area (Å²) >= 11 is 3.59. The molecule has 0 bridgehead atoms. The summed E-state index contributed by atoms with van der Waals surface area (Å²) in [6.07, 6.45) is -4.22. The minimum Gasteiger partial charge on any atom is -0.165 e. The van der Waals surface area contributed by atoms with Gasteiger partial charge in [0.15, 0.2) is 0 Å². The van der Waals surface area contributed by atoms with Crippen molar-refractivity contribution in [2.75, 3.05) is 0 Å². The molecule has 0 amide bonds. The molecule has 1 aromatic heterocycles. The maximum atomic E-state index is 12.0. The highest BCUT2D eigenvalue weighted by molar-refractivity contribution is 9.10. The Labute approximate surface area is 74.2 Å². The first-order valence-electron chi connectivity index (χ1n) is 2.74. The lowest BCUT2D eigenvalue weighted by molar-refractivity contribution is -0.134. The Hall–Kier alpha value is -0.0300. The van der Waals surface area contributed by atoms with Gasteiger partial charge in [0.1, 0.15) is 4.88 Å². The van der Waals surface area contributed by atoms with Crippen LogP contribution >= 0.6 is 27.3 Å². The fourth-order valence-electron chi connectivity index (χ4n) is 0.676. The number of halogens is 4. The minimum atomic E-state index is -4.22. The number of hydrogen-bond acceptors (Lipinski definition) is 1. The summed E-state index contributed by atoms with van der Waals surface area (Å²) in [6, 6.07) is 1.47. The van der Waals surface area contributed by atoms with Crippen LogP contribution in [0.4, 0.5) is 13.2 Å². The third-order valence-electron chi connectivity index (χ3n) is 1.07. The lowest BCUT2D eigenvalue weighted by Crippen LogP contribution is -2.01. The molecule has 1 aromatic rings. The van der Waals surface area contributed by atoms with Gasteiger partial charge in [0.2, 0.25) is 0 Å². The van der Waals surface area contributed by atoms with Gasteiger partial charge in [0, 0.05) is 9.35 Å². The van der Waals surface area contributed by atoms with Gasteiger partial charge in [-0.15, -0.1) is 11.3 Å². The summed E-state index contributed by atoms with van der Waals surface area (Å²) in [7, 11) is 0. The molecule has 1 rings (SSSR count). The molecule has 0 fully saturated rings. The van der Waals surface area contributed by atoms with Crippen molar-refractivity contribution in [3.8, 4) is 0 Å². The Morgan fingerprint density at radius 3 is 2.18 bits per heavy atom. The van der Waals surface area contributed by atoms with E-state index in [2.05, 4.69) is 15.9 Å². The largest absolute Gasteiger partial charge is 0.426 e. The summed E-state index contributed by atoms with van der Waals surface area (Å²) in [5.41, 5.74) is 0. The minimum absolute atomic E-state index is 0.132. The number of aryl methyl sites for hydroxylation is 1. The van der Waals surface area contributed by atoms with Gasteiger partial charge in [0.05, 0.1) is 0 Å². The third-order valence-corrected chi connectivity index (χ3v) is 3.05. The molecule has 0 nitrogen and oxygen atoms in total. The highest BCUT2D eigenvalue weighted by Crippen LogP contribution is 2.40. The van der Waals surface area contributed by atoms with Crippen molar-refractivity contribution in [2.24, 2.45) is 0 Å². The van der Waals surface area contributed by atoms with E-state index < -0.39 is 11.1 Å². The predicted octanol–water partition coefficient (Wildman–Crippen LogP) is 3.84. The molecule has 0 saturated heterocycles. The molecule has 0 aliphatic carbocycles. The van der Waals surface area contributed by atoms with Crippen LogP contribution in [0.3, 0.4) is 0 Å². The summed E-state index contributed by atoms with van der Waals surface area (Å²) in [5.74, 6) is 0. The number of hydrogen-bond donors (Lipinski definition) is 0. The molecule has 0 N–H and O–H groups in total. The zero-order valence-corrected chi connectivity index (χ0v) is 7.90. The van der Waals surface area contributed by atoms with Crippen LogP contribution in [0.2, 0.25) is 0 Å². The molecule has 11 heavy (non-hydrogen) atoms. The summed E-state index contributed by atoms with van der Waals surface area (Å²) in [5, 5.41) is 0. The fourth-order valence-corrected chi connectivity index (χ4v) is 2.41. The monoisotopic (exact) mass is 244 g/mol. The third kappa shape index (κ3) is 1.96. The molecule has 0 aromatic carbocycles. The average molecular weight is 245 g/mol. The van der Waals surface area contributed by atoms with Crippen LogP contribution in [0.5, 0.6) is 0 Å². The molecule has 0 spiro atoms. The molecule has 5 heteroatoms. The van der Waals surface area contributed by atoms with Crippen molar-refractivity contribution in [3.63, 3.8) is 0 Å². The summed E-state index contributed by atoms with van der Waals surface area (Å²) in [4.78, 5) is 0.0965. The van der Waals surface area contributed by atoms with Crippen LogP contribution in [0.25, 0.3) is 0 Å². The second kappa shape index (κ2) is 2.79. The zero-order chi connectivity index (χ0) is 8.65. The van der Waals surface area contributed by atoms with E-state index in [-0.39, 0.29) is 4.47 Å². The van der Waals surface area contributed by atoms with Crippen molar-refractivity contribution >= 4 is 27.3 Å². The van der Waals surface area contributed by atoms with Crippen LogP contribution < -0.4 is 0 Å². The van der Waals surface area contributed by atoms with E-state index in [1.54, 1.807) is 6.92 Å². The van der Waals surface area contributed by atoms with Crippen LogP contribution in [-0.4, -0.2) is 0 Å². The standard InChI is InChI=1S/C6H4BrF3S/c1-3-2-4(7)5(11-3)6(8,9)10/h2H,1H3. The summed E-state index contributed by atoms with van der Waals surface area (Å²) < 4.78 is 36.3. The van der Waals surface area contributed by atoms with Gasteiger partial charge in [-0.25, -0.2) is 0 Å². The smallest absolute Gasteiger partial charge is 0.165 e. The van der Waals surface area contributed by atoms with Crippen molar-refractivity contribution < 1.29 is 13.2 Å². The molecule has 0 aliphatic rings. The Morgan fingerprint density at radius 1 is 1.45 bits per heavy atom. The van der Waals surface area contributed by atoms with E-state index in [9.17, 15) is 13.2 Å². The zero-order valence-electron chi connectivity index (χ0n) is 5.50. The van der Waals surface area contributed by atoms with Gasteiger partial charge in [-0.1, -0.05) is 0 Å².